The third-order valence-electron chi connectivity index (χ3n) is 5.56. The van der Waals surface area contributed by atoms with Gasteiger partial charge in [0.25, 0.3) is 0 Å². The van der Waals surface area contributed by atoms with E-state index >= 15 is 0 Å². The minimum absolute atomic E-state index is 0.0936. The summed E-state index contributed by atoms with van der Waals surface area (Å²) in [4.78, 5) is 36.6. The van der Waals surface area contributed by atoms with E-state index in [0.717, 1.165) is 37.9 Å². The van der Waals surface area contributed by atoms with Crippen molar-refractivity contribution in [1.82, 2.24) is 9.88 Å². The summed E-state index contributed by atoms with van der Waals surface area (Å²) in [6.45, 7) is 1.49. The molecule has 2 fully saturated rings. The van der Waals surface area contributed by atoms with Crippen LogP contribution < -0.4 is 10.2 Å². The Labute approximate surface area is 155 Å². The molecular formula is C19H21N3O5. The number of aldehydes is 1. The topological polar surface area (TPSA) is 112 Å². The lowest BCUT2D eigenvalue weighted by atomic mass is 9.98. The summed E-state index contributed by atoms with van der Waals surface area (Å²) < 4.78 is 1.19. The van der Waals surface area contributed by atoms with Gasteiger partial charge in [-0.3, -0.25) is 19.5 Å². The van der Waals surface area contributed by atoms with E-state index in [9.17, 15) is 24.6 Å². The van der Waals surface area contributed by atoms with Gasteiger partial charge in [-0.1, -0.05) is 0 Å². The third-order valence-corrected chi connectivity index (χ3v) is 5.56. The second kappa shape index (κ2) is 6.61. The van der Waals surface area contributed by atoms with Gasteiger partial charge in [-0.05, 0) is 37.5 Å². The number of hydrogen-bond acceptors (Lipinski definition) is 6. The first-order valence-electron chi connectivity index (χ1n) is 9.09. The highest BCUT2D eigenvalue weighted by atomic mass is 16.3. The molecule has 1 aromatic carbocycles. The summed E-state index contributed by atoms with van der Waals surface area (Å²) in [5.41, 5.74) is 0.891. The number of imide groups is 1. The lowest BCUT2D eigenvalue weighted by Crippen LogP contribution is -2.41. The van der Waals surface area contributed by atoms with E-state index in [-0.39, 0.29) is 36.4 Å². The van der Waals surface area contributed by atoms with E-state index in [1.807, 2.05) is 6.07 Å². The van der Waals surface area contributed by atoms with Crippen LogP contribution in [0.4, 0.5) is 5.69 Å². The molecule has 27 heavy (non-hydrogen) atoms. The summed E-state index contributed by atoms with van der Waals surface area (Å²) in [5.74, 6) is -1.18. The summed E-state index contributed by atoms with van der Waals surface area (Å²) in [5, 5.41) is 24.4. The van der Waals surface area contributed by atoms with Crippen molar-refractivity contribution < 1.29 is 24.6 Å². The average Bonchev–Trinajstić information content (AvgIpc) is 2.92. The fourth-order valence-corrected chi connectivity index (χ4v) is 3.99. The van der Waals surface area contributed by atoms with E-state index in [1.54, 1.807) is 12.1 Å². The minimum atomic E-state index is -0.832. The van der Waals surface area contributed by atoms with Crippen LogP contribution in [0.1, 0.15) is 31.7 Å². The number of nitrogens with one attached hydrogen (secondary N) is 1. The number of fused-ring (bicyclic) bond motifs is 1. The molecule has 0 bridgehead atoms. The van der Waals surface area contributed by atoms with E-state index in [0.29, 0.717) is 10.8 Å². The molecule has 0 radical (unpaired) electrons. The molecule has 8 heteroatoms. The van der Waals surface area contributed by atoms with Crippen molar-refractivity contribution in [2.45, 2.75) is 31.7 Å². The van der Waals surface area contributed by atoms with Gasteiger partial charge in [-0.2, -0.15) is 0 Å². The molecule has 1 unspecified atom stereocenters. The number of carbonyl (C=O) groups excluding carboxylic acids is 3. The van der Waals surface area contributed by atoms with E-state index < -0.39 is 11.9 Å². The standard InChI is InChI=1S/C19H21N3O5/c23-10-11-5-7-21(8-6-11)12-1-2-13-14(9-12)19(27)22(18(13)26)15-3-4-16(24)20-17(15)25/h1-2,9-11,15,26-27H,3-8H2,(H,20,24,25). The number of piperidine rings is 2. The second-order valence-corrected chi connectivity index (χ2v) is 7.17. The van der Waals surface area contributed by atoms with Crippen LogP contribution in [0.3, 0.4) is 0 Å². The van der Waals surface area contributed by atoms with Crippen LogP contribution in [0.5, 0.6) is 11.8 Å². The Morgan fingerprint density at radius 3 is 2.41 bits per heavy atom. The van der Waals surface area contributed by atoms with Gasteiger partial charge < -0.3 is 19.9 Å². The zero-order valence-electron chi connectivity index (χ0n) is 14.7. The molecule has 2 aromatic rings. The fourth-order valence-electron chi connectivity index (χ4n) is 3.99. The first-order chi connectivity index (χ1) is 13.0. The number of amides is 2. The highest BCUT2D eigenvalue weighted by Crippen LogP contribution is 2.42. The summed E-state index contributed by atoms with van der Waals surface area (Å²) in [7, 11) is 0. The Kier molecular flexibility index (Phi) is 4.25. The Morgan fingerprint density at radius 1 is 1.04 bits per heavy atom. The smallest absolute Gasteiger partial charge is 0.249 e. The summed E-state index contributed by atoms with van der Waals surface area (Å²) in [6.07, 6.45) is 2.95. The quantitative estimate of drug-likeness (QED) is 0.556. The van der Waals surface area contributed by atoms with E-state index in [2.05, 4.69) is 10.2 Å². The molecule has 142 valence electrons. The van der Waals surface area contributed by atoms with Crippen molar-refractivity contribution in [1.29, 1.82) is 0 Å². The van der Waals surface area contributed by atoms with Crippen molar-refractivity contribution in [2.75, 3.05) is 18.0 Å². The highest BCUT2D eigenvalue weighted by molar-refractivity contribution is 6.01. The monoisotopic (exact) mass is 371 g/mol. The van der Waals surface area contributed by atoms with Crippen molar-refractivity contribution in [2.24, 2.45) is 5.92 Å². The maximum Gasteiger partial charge on any atom is 0.249 e. The fraction of sp³-hybridized carbons (Fsp3) is 0.421. The number of benzene rings is 1. The minimum Gasteiger partial charge on any atom is -0.494 e. The van der Waals surface area contributed by atoms with Gasteiger partial charge in [-0.15, -0.1) is 0 Å². The van der Waals surface area contributed by atoms with Gasteiger partial charge in [0.1, 0.15) is 12.3 Å². The molecule has 1 atom stereocenters. The first-order valence-corrected chi connectivity index (χ1v) is 9.09. The number of hydrogen-bond donors (Lipinski definition) is 3. The predicted octanol–water partition coefficient (Wildman–Crippen LogP) is 1.45. The van der Waals surface area contributed by atoms with Crippen LogP contribution in [0, 0.1) is 5.92 Å². The number of carbonyl (C=O) groups is 3. The Morgan fingerprint density at radius 2 is 1.74 bits per heavy atom. The highest BCUT2D eigenvalue weighted by Gasteiger charge is 2.33. The first kappa shape index (κ1) is 17.4. The van der Waals surface area contributed by atoms with E-state index in [1.165, 1.54) is 4.57 Å². The van der Waals surface area contributed by atoms with Gasteiger partial charge >= 0.3 is 0 Å². The molecular weight excluding hydrogens is 350 g/mol. The maximum absolute atomic E-state index is 12.1. The molecule has 0 spiro atoms. The Hall–Kier alpha value is -3.03. The van der Waals surface area contributed by atoms with Crippen LogP contribution in [0.15, 0.2) is 18.2 Å². The molecule has 3 heterocycles. The second-order valence-electron chi connectivity index (χ2n) is 7.17. The Balaban J connectivity index is 1.69. The molecule has 0 aliphatic carbocycles. The van der Waals surface area contributed by atoms with Crippen LogP contribution >= 0.6 is 0 Å². The normalized spacial score (nSPS) is 21.5. The van der Waals surface area contributed by atoms with Gasteiger partial charge in [0.05, 0.1) is 0 Å². The van der Waals surface area contributed by atoms with Crippen LogP contribution in [0.25, 0.3) is 10.8 Å². The van der Waals surface area contributed by atoms with Gasteiger partial charge in [0.15, 0.2) is 0 Å². The van der Waals surface area contributed by atoms with Crippen LogP contribution in [0.2, 0.25) is 0 Å². The lowest BCUT2D eigenvalue weighted by Gasteiger charge is -2.31. The SMILES string of the molecule is O=CC1CCN(c2ccc3c(O)n(C4CCC(=O)NC4=O)c(O)c3c2)CC1. The zero-order valence-corrected chi connectivity index (χ0v) is 14.7. The van der Waals surface area contributed by atoms with E-state index in [4.69, 9.17) is 0 Å². The number of rotatable bonds is 3. The molecule has 8 nitrogen and oxygen atoms in total. The van der Waals surface area contributed by atoms with Gasteiger partial charge in [-0.25, -0.2) is 0 Å². The van der Waals surface area contributed by atoms with Gasteiger partial charge in [0.2, 0.25) is 23.6 Å². The third kappa shape index (κ3) is 2.90. The largest absolute Gasteiger partial charge is 0.494 e. The number of anilines is 1. The average molecular weight is 371 g/mol. The Bertz CT molecular complexity index is 927. The molecule has 1 aromatic heterocycles. The molecule has 2 aliphatic rings. The molecule has 3 N–H and O–H groups in total. The summed E-state index contributed by atoms with van der Waals surface area (Å²) in [6, 6.07) is 4.53. The molecule has 2 saturated heterocycles. The lowest BCUT2D eigenvalue weighted by molar-refractivity contribution is -0.136. The van der Waals surface area contributed by atoms with Crippen molar-refractivity contribution in [3.05, 3.63) is 18.2 Å². The predicted molar refractivity (Wildman–Crippen MR) is 97.7 cm³/mol. The maximum atomic E-state index is 12.1. The van der Waals surface area contributed by atoms with Crippen molar-refractivity contribution in [3.8, 4) is 11.8 Å². The van der Waals surface area contributed by atoms with Crippen LogP contribution in [-0.4, -0.2) is 46.0 Å². The molecule has 0 saturated carbocycles. The number of aromatic nitrogens is 1. The molecule has 4 rings (SSSR count). The van der Waals surface area contributed by atoms with Crippen molar-refractivity contribution in [3.63, 3.8) is 0 Å². The van der Waals surface area contributed by atoms with Gasteiger partial charge in [0, 0.05) is 41.9 Å². The number of nitrogens with zero attached hydrogens (tertiary/aromatic N) is 2. The van der Waals surface area contributed by atoms with Crippen LogP contribution in [-0.2, 0) is 14.4 Å². The molecule has 2 aliphatic heterocycles. The number of aromatic hydroxyl groups is 2. The summed E-state index contributed by atoms with van der Waals surface area (Å²) >= 11 is 0. The zero-order chi connectivity index (χ0) is 19.1. The van der Waals surface area contributed by atoms with Crippen molar-refractivity contribution >= 4 is 34.6 Å². The molecule has 2 amide bonds.